The highest BCUT2D eigenvalue weighted by atomic mass is 16.2. The van der Waals surface area contributed by atoms with Gasteiger partial charge in [0.25, 0.3) is 0 Å². The van der Waals surface area contributed by atoms with Crippen LogP contribution in [0, 0.1) is 13.8 Å². The number of hydrogen-bond acceptors (Lipinski definition) is 4. The fourth-order valence-electron chi connectivity index (χ4n) is 1.50. The molecular formula is C14H14N4O2. The Balaban J connectivity index is 1.98. The molecule has 2 aromatic heterocycles. The van der Waals surface area contributed by atoms with Crippen molar-refractivity contribution in [3.63, 3.8) is 0 Å². The van der Waals surface area contributed by atoms with Gasteiger partial charge in [0.1, 0.15) is 11.6 Å². The predicted molar refractivity (Wildman–Crippen MR) is 75.2 cm³/mol. The van der Waals surface area contributed by atoms with Crippen LogP contribution in [0.2, 0.25) is 0 Å². The van der Waals surface area contributed by atoms with Gasteiger partial charge in [0.05, 0.1) is 0 Å². The van der Waals surface area contributed by atoms with Gasteiger partial charge in [-0.15, -0.1) is 0 Å². The first-order valence-corrected chi connectivity index (χ1v) is 6.03. The molecule has 6 heteroatoms. The second-order valence-electron chi connectivity index (χ2n) is 4.29. The van der Waals surface area contributed by atoms with Crippen molar-refractivity contribution in [3.8, 4) is 0 Å². The van der Waals surface area contributed by atoms with Crippen LogP contribution in [0.3, 0.4) is 0 Å². The SMILES string of the molecule is Cc1ccc(NC(=O)C(=O)Nc2cccc(C)n2)nc1. The molecule has 20 heavy (non-hydrogen) atoms. The normalized spacial score (nSPS) is 9.90. The highest BCUT2D eigenvalue weighted by molar-refractivity contribution is 6.43. The summed E-state index contributed by atoms with van der Waals surface area (Å²) in [5.74, 6) is -0.912. The molecule has 0 atom stereocenters. The van der Waals surface area contributed by atoms with Crippen LogP contribution in [0.5, 0.6) is 0 Å². The molecular weight excluding hydrogens is 256 g/mol. The number of pyridine rings is 2. The van der Waals surface area contributed by atoms with Crippen LogP contribution in [0.25, 0.3) is 0 Å². The lowest BCUT2D eigenvalue weighted by Crippen LogP contribution is -2.29. The van der Waals surface area contributed by atoms with Crippen LogP contribution >= 0.6 is 0 Å². The van der Waals surface area contributed by atoms with E-state index in [4.69, 9.17) is 0 Å². The average Bonchev–Trinajstić information content (AvgIpc) is 2.41. The summed E-state index contributed by atoms with van der Waals surface area (Å²) in [6.45, 7) is 3.68. The molecule has 0 aliphatic rings. The summed E-state index contributed by atoms with van der Waals surface area (Å²) in [7, 11) is 0. The number of rotatable bonds is 2. The van der Waals surface area contributed by atoms with Crippen molar-refractivity contribution < 1.29 is 9.59 Å². The number of anilines is 2. The van der Waals surface area contributed by atoms with E-state index in [0.717, 1.165) is 11.3 Å². The number of amides is 2. The maximum Gasteiger partial charge on any atom is 0.315 e. The predicted octanol–water partition coefficient (Wildman–Crippen LogP) is 1.67. The molecule has 2 heterocycles. The zero-order valence-corrected chi connectivity index (χ0v) is 11.2. The third-order valence-corrected chi connectivity index (χ3v) is 2.49. The Morgan fingerprint density at radius 1 is 0.950 bits per heavy atom. The summed E-state index contributed by atoms with van der Waals surface area (Å²) in [4.78, 5) is 31.5. The zero-order chi connectivity index (χ0) is 14.5. The summed E-state index contributed by atoms with van der Waals surface area (Å²) in [6, 6.07) is 8.58. The number of aryl methyl sites for hydroxylation is 2. The molecule has 2 rings (SSSR count). The fourth-order valence-corrected chi connectivity index (χ4v) is 1.50. The minimum Gasteiger partial charge on any atom is -0.302 e. The molecule has 0 aromatic carbocycles. The highest BCUT2D eigenvalue weighted by Crippen LogP contribution is 2.06. The van der Waals surface area contributed by atoms with Crippen LogP contribution < -0.4 is 10.6 Å². The second kappa shape index (κ2) is 5.92. The average molecular weight is 270 g/mol. The van der Waals surface area contributed by atoms with Gasteiger partial charge in [0.2, 0.25) is 0 Å². The summed E-state index contributed by atoms with van der Waals surface area (Å²) in [5.41, 5.74) is 1.72. The van der Waals surface area contributed by atoms with Crippen LogP contribution in [-0.2, 0) is 9.59 Å². The molecule has 0 radical (unpaired) electrons. The maximum atomic E-state index is 11.7. The van der Waals surface area contributed by atoms with Gasteiger partial charge in [-0.2, -0.15) is 0 Å². The third-order valence-electron chi connectivity index (χ3n) is 2.49. The lowest BCUT2D eigenvalue weighted by Gasteiger charge is -2.06. The summed E-state index contributed by atoms with van der Waals surface area (Å²) in [5, 5.41) is 4.84. The Morgan fingerprint density at radius 2 is 1.65 bits per heavy atom. The Kier molecular flexibility index (Phi) is 4.05. The first-order valence-electron chi connectivity index (χ1n) is 6.03. The third kappa shape index (κ3) is 3.61. The van der Waals surface area contributed by atoms with Gasteiger partial charge in [-0.25, -0.2) is 9.97 Å². The van der Waals surface area contributed by atoms with E-state index in [1.54, 1.807) is 43.5 Å². The molecule has 6 nitrogen and oxygen atoms in total. The van der Waals surface area contributed by atoms with Gasteiger partial charge < -0.3 is 10.6 Å². The summed E-state index contributed by atoms with van der Waals surface area (Å²) >= 11 is 0. The van der Waals surface area contributed by atoms with Crippen LogP contribution in [0.4, 0.5) is 11.6 Å². The zero-order valence-electron chi connectivity index (χ0n) is 11.2. The van der Waals surface area contributed by atoms with E-state index in [2.05, 4.69) is 20.6 Å². The van der Waals surface area contributed by atoms with E-state index in [-0.39, 0.29) is 0 Å². The molecule has 2 amide bonds. The molecule has 0 aliphatic heterocycles. The van der Waals surface area contributed by atoms with Gasteiger partial charge in [-0.1, -0.05) is 12.1 Å². The van der Waals surface area contributed by atoms with Crippen molar-refractivity contribution in [1.82, 2.24) is 9.97 Å². The molecule has 0 unspecified atom stereocenters. The Labute approximate surface area is 116 Å². The lowest BCUT2D eigenvalue weighted by atomic mass is 10.3. The first kappa shape index (κ1) is 13.7. The van der Waals surface area contributed by atoms with Crippen LogP contribution in [0.1, 0.15) is 11.3 Å². The van der Waals surface area contributed by atoms with E-state index in [0.29, 0.717) is 11.6 Å². The van der Waals surface area contributed by atoms with Gasteiger partial charge in [0.15, 0.2) is 0 Å². The fraction of sp³-hybridized carbons (Fsp3) is 0.143. The van der Waals surface area contributed by atoms with Gasteiger partial charge in [-0.3, -0.25) is 9.59 Å². The van der Waals surface area contributed by atoms with Gasteiger partial charge in [0, 0.05) is 11.9 Å². The van der Waals surface area contributed by atoms with E-state index in [1.165, 1.54) is 0 Å². The van der Waals surface area contributed by atoms with Crippen LogP contribution in [0.15, 0.2) is 36.5 Å². The monoisotopic (exact) mass is 270 g/mol. The minimum absolute atomic E-state index is 0.327. The van der Waals surface area contributed by atoms with E-state index >= 15 is 0 Å². The van der Waals surface area contributed by atoms with E-state index in [9.17, 15) is 9.59 Å². The molecule has 0 aliphatic carbocycles. The number of aromatic nitrogens is 2. The molecule has 0 bridgehead atoms. The topological polar surface area (TPSA) is 84.0 Å². The molecule has 0 fully saturated rings. The van der Waals surface area contributed by atoms with E-state index in [1.807, 2.05) is 6.92 Å². The minimum atomic E-state index is -0.787. The second-order valence-corrected chi connectivity index (χ2v) is 4.29. The summed E-state index contributed by atoms with van der Waals surface area (Å²) in [6.07, 6.45) is 1.61. The van der Waals surface area contributed by atoms with Crippen molar-refractivity contribution >= 4 is 23.5 Å². The van der Waals surface area contributed by atoms with Crippen LogP contribution in [-0.4, -0.2) is 21.8 Å². The molecule has 0 spiro atoms. The Hall–Kier alpha value is -2.76. The number of nitrogens with one attached hydrogen (secondary N) is 2. The molecule has 102 valence electrons. The molecule has 0 saturated carbocycles. The summed E-state index contributed by atoms with van der Waals surface area (Å²) < 4.78 is 0. The van der Waals surface area contributed by atoms with Crippen molar-refractivity contribution in [2.75, 3.05) is 10.6 Å². The Bertz CT molecular complexity index is 638. The van der Waals surface area contributed by atoms with Crippen molar-refractivity contribution in [2.24, 2.45) is 0 Å². The number of hydrogen-bond donors (Lipinski definition) is 2. The Morgan fingerprint density at radius 3 is 2.25 bits per heavy atom. The maximum absolute atomic E-state index is 11.7. The number of nitrogens with zero attached hydrogens (tertiary/aromatic N) is 2. The largest absolute Gasteiger partial charge is 0.315 e. The molecule has 0 saturated heterocycles. The van der Waals surface area contributed by atoms with E-state index < -0.39 is 11.8 Å². The van der Waals surface area contributed by atoms with Crippen molar-refractivity contribution in [2.45, 2.75) is 13.8 Å². The standard InChI is InChI=1S/C14H14N4O2/c1-9-6-7-11(15-8-9)17-13(19)14(20)18-12-5-3-4-10(2)16-12/h3-8H,1-2H3,(H,15,17,19)(H,16,18,20). The first-order chi connectivity index (χ1) is 9.54. The van der Waals surface area contributed by atoms with Gasteiger partial charge >= 0.3 is 11.8 Å². The number of carbonyl (C=O) groups is 2. The van der Waals surface area contributed by atoms with Crippen molar-refractivity contribution in [3.05, 3.63) is 47.8 Å². The lowest BCUT2D eigenvalue weighted by molar-refractivity contribution is -0.133. The van der Waals surface area contributed by atoms with Gasteiger partial charge in [-0.05, 0) is 37.6 Å². The molecule has 2 aromatic rings. The highest BCUT2D eigenvalue weighted by Gasteiger charge is 2.14. The van der Waals surface area contributed by atoms with Crippen molar-refractivity contribution in [1.29, 1.82) is 0 Å². The number of carbonyl (C=O) groups excluding carboxylic acids is 2. The quantitative estimate of drug-likeness (QED) is 0.813. The smallest absolute Gasteiger partial charge is 0.302 e. The molecule has 2 N–H and O–H groups in total.